The molecule has 1 aromatic heterocycles. The number of hydrogen-bond acceptors (Lipinski definition) is 1. The summed E-state index contributed by atoms with van der Waals surface area (Å²) in [5, 5.41) is 12.5. The van der Waals surface area contributed by atoms with E-state index < -0.39 is 0 Å². The Bertz CT molecular complexity index is 3010. The summed E-state index contributed by atoms with van der Waals surface area (Å²) in [5.41, 5.74) is 12.1. The molecule has 0 unspecified atom stereocenters. The van der Waals surface area contributed by atoms with Crippen molar-refractivity contribution in [2.45, 2.75) is 19.3 Å². The molecular formula is C49H32O. The second kappa shape index (κ2) is 9.94. The van der Waals surface area contributed by atoms with E-state index in [1.807, 2.05) is 0 Å². The molecule has 1 heterocycles. The summed E-state index contributed by atoms with van der Waals surface area (Å²) >= 11 is 0. The number of furan rings is 1. The molecule has 0 atom stereocenters. The summed E-state index contributed by atoms with van der Waals surface area (Å²) in [5.74, 6) is 0. The average Bonchev–Trinajstić information content (AvgIpc) is 3.64. The predicted octanol–water partition coefficient (Wildman–Crippen LogP) is 13.8. The summed E-state index contributed by atoms with van der Waals surface area (Å²) < 4.78 is 6.58. The first-order valence-corrected chi connectivity index (χ1v) is 17.5. The highest BCUT2D eigenvalue weighted by Gasteiger charge is 2.37. The van der Waals surface area contributed by atoms with Crippen LogP contribution >= 0.6 is 0 Å². The van der Waals surface area contributed by atoms with Gasteiger partial charge >= 0.3 is 0 Å². The van der Waals surface area contributed by atoms with Crippen LogP contribution in [0.25, 0.3) is 98.4 Å². The lowest BCUT2D eigenvalue weighted by Gasteiger charge is -2.22. The second-order valence-corrected chi connectivity index (χ2v) is 14.4. The van der Waals surface area contributed by atoms with E-state index in [0.29, 0.717) is 0 Å². The lowest BCUT2D eigenvalue weighted by molar-refractivity contribution is 0.658. The van der Waals surface area contributed by atoms with Crippen LogP contribution in [0.4, 0.5) is 0 Å². The predicted molar refractivity (Wildman–Crippen MR) is 212 cm³/mol. The van der Waals surface area contributed by atoms with E-state index >= 15 is 0 Å². The van der Waals surface area contributed by atoms with E-state index in [-0.39, 0.29) is 5.41 Å². The summed E-state index contributed by atoms with van der Waals surface area (Å²) in [6, 6.07) is 58.2. The molecule has 0 saturated carbocycles. The molecule has 1 aliphatic carbocycles. The quantitative estimate of drug-likeness (QED) is 0.172. The minimum atomic E-state index is -0.143. The molecule has 1 aliphatic rings. The number of hydrogen-bond donors (Lipinski definition) is 0. The van der Waals surface area contributed by atoms with Gasteiger partial charge in [-0.2, -0.15) is 0 Å². The third-order valence-corrected chi connectivity index (χ3v) is 11.4. The number of fused-ring (bicyclic) bond motifs is 11. The van der Waals surface area contributed by atoms with Gasteiger partial charge in [0.05, 0.1) is 0 Å². The molecule has 0 radical (unpaired) electrons. The molecule has 10 aromatic rings. The molecule has 0 saturated heterocycles. The van der Waals surface area contributed by atoms with Crippen molar-refractivity contribution in [3.63, 3.8) is 0 Å². The fraction of sp³-hybridized carbons (Fsp3) is 0.0612. The lowest BCUT2D eigenvalue weighted by Crippen LogP contribution is -2.14. The van der Waals surface area contributed by atoms with Crippen LogP contribution in [0.2, 0.25) is 0 Å². The first-order chi connectivity index (χ1) is 24.5. The Kier molecular flexibility index (Phi) is 5.51. The maximum atomic E-state index is 6.58. The highest BCUT2D eigenvalue weighted by atomic mass is 16.3. The van der Waals surface area contributed by atoms with E-state index in [9.17, 15) is 0 Å². The van der Waals surface area contributed by atoms with E-state index in [4.69, 9.17) is 4.42 Å². The van der Waals surface area contributed by atoms with Gasteiger partial charge in [0.2, 0.25) is 0 Å². The summed E-state index contributed by atoms with van der Waals surface area (Å²) in [4.78, 5) is 0. The standard InChI is InChI=1S/C49H32O/c1-49(2)42-23-21-33(26-39(42)40-28-45-41(27-43(40)49)48-34-14-6-5-12-30(34)22-24-44(48)50-45)47-37-17-9-7-15-35(37)46(36-16-8-10-18-38(36)47)32-20-19-29-11-3-4-13-31(29)25-32/h3-28H,1-2H3. The fourth-order valence-electron chi connectivity index (χ4n) is 9.04. The third-order valence-electron chi connectivity index (χ3n) is 11.4. The number of rotatable bonds is 2. The van der Waals surface area contributed by atoms with Crippen LogP contribution in [0.1, 0.15) is 25.0 Å². The smallest absolute Gasteiger partial charge is 0.136 e. The molecule has 0 N–H and O–H groups in total. The van der Waals surface area contributed by atoms with Crippen molar-refractivity contribution in [3.8, 4) is 33.4 Å². The van der Waals surface area contributed by atoms with Crippen molar-refractivity contribution in [1.82, 2.24) is 0 Å². The topological polar surface area (TPSA) is 13.1 Å². The first kappa shape index (κ1) is 27.7. The summed E-state index contributed by atoms with van der Waals surface area (Å²) in [6.45, 7) is 4.74. The van der Waals surface area contributed by atoms with E-state index in [2.05, 4.69) is 172 Å². The summed E-state index contributed by atoms with van der Waals surface area (Å²) in [7, 11) is 0. The molecule has 0 fully saturated rings. The van der Waals surface area contributed by atoms with Crippen LogP contribution in [0.5, 0.6) is 0 Å². The molecule has 50 heavy (non-hydrogen) atoms. The van der Waals surface area contributed by atoms with E-state index in [1.54, 1.807) is 0 Å². The Morgan fingerprint density at radius 2 is 0.920 bits per heavy atom. The van der Waals surface area contributed by atoms with Crippen LogP contribution < -0.4 is 0 Å². The second-order valence-electron chi connectivity index (χ2n) is 14.4. The normalized spacial score (nSPS) is 13.6. The average molecular weight is 637 g/mol. The third kappa shape index (κ3) is 3.72. The molecule has 0 aliphatic heterocycles. The van der Waals surface area contributed by atoms with E-state index in [1.165, 1.54) is 98.4 Å². The Labute approximate surface area is 290 Å². The molecule has 9 aromatic carbocycles. The monoisotopic (exact) mass is 636 g/mol. The van der Waals surface area contributed by atoms with Gasteiger partial charge in [-0.1, -0.05) is 141 Å². The zero-order chi connectivity index (χ0) is 33.1. The van der Waals surface area contributed by atoms with Gasteiger partial charge in [-0.05, 0) is 118 Å². The van der Waals surface area contributed by atoms with Gasteiger partial charge in [0.25, 0.3) is 0 Å². The SMILES string of the molecule is CC1(C)c2ccc(-c3c4ccccc4c(-c4ccc5ccccc5c4)c4ccccc34)cc2-c2cc3oc4ccc5ccccc5c4c3cc21. The van der Waals surface area contributed by atoms with Crippen molar-refractivity contribution in [3.05, 3.63) is 169 Å². The van der Waals surface area contributed by atoms with Crippen molar-refractivity contribution in [2.75, 3.05) is 0 Å². The van der Waals surface area contributed by atoms with Crippen LogP contribution in [-0.2, 0) is 5.41 Å². The molecule has 0 amide bonds. The van der Waals surface area contributed by atoms with Crippen molar-refractivity contribution < 1.29 is 4.42 Å². The Morgan fingerprint density at radius 1 is 0.380 bits per heavy atom. The molecule has 0 spiro atoms. The first-order valence-electron chi connectivity index (χ1n) is 17.5. The van der Waals surface area contributed by atoms with E-state index in [0.717, 1.165) is 11.2 Å². The van der Waals surface area contributed by atoms with Gasteiger partial charge in [-0.25, -0.2) is 0 Å². The highest BCUT2D eigenvalue weighted by Crippen LogP contribution is 2.53. The van der Waals surface area contributed by atoms with Gasteiger partial charge in [0.1, 0.15) is 11.2 Å². The zero-order valence-electron chi connectivity index (χ0n) is 27.9. The minimum Gasteiger partial charge on any atom is -0.456 e. The van der Waals surface area contributed by atoms with Crippen LogP contribution in [0.3, 0.4) is 0 Å². The molecule has 1 nitrogen and oxygen atoms in total. The van der Waals surface area contributed by atoms with Gasteiger partial charge in [-0.15, -0.1) is 0 Å². The molecular weight excluding hydrogens is 605 g/mol. The molecule has 11 rings (SSSR count). The molecule has 0 bridgehead atoms. The molecule has 234 valence electrons. The van der Waals surface area contributed by atoms with Crippen molar-refractivity contribution >= 4 is 65.0 Å². The van der Waals surface area contributed by atoms with Crippen molar-refractivity contribution in [2.24, 2.45) is 0 Å². The Morgan fingerprint density at radius 3 is 1.62 bits per heavy atom. The van der Waals surface area contributed by atoms with Crippen LogP contribution in [0.15, 0.2) is 162 Å². The Hall–Kier alpha value is -6.18. The van der Waals surface area contributed by atoms with Gasteiger partial charge < -0.3 is 4.42 Å². The van der Waals surface area contributed by atoms with Crippen molar-refractivity contribution in [1.29, 1.82) is 0 Å². The van der Waals surface area contributed by atoms with Crippen LogP contribution in [0, 0.1) is 0 Å². The largest absolute Gasteiger partial charge is 0.456 e. The minimum absolute atomic E-state index is 0.143. The molecule has 1 heteroatoms. The number of benzene rings is 9. The Balaban J connectivity index is 1.16. The highest BCUT2D eigenvalue weighted by molar-refractivity contribution is 6.22. The lowest BCUT2D eigenvalue weighted by atomic mass is 9.81. The fourth-order valence-corrected chi connectivity index (χ4v) is 9.04. The van der Waals surface area contributed by atoms with Gasteiger partial charge in [0, 0.05) is 16.2 Å². The maximum Gasteiger partial charge on any atom is 0.136 e. The zero-order valence-corrected chi connectivity index (χ0v) is 27.9. The maximum absolute atomic E-state index is 6.58. The van der Waals surface area contributed by atoms with Gasteiger partial charge in [-0.3, -0.25) is 0 Å². The van der Waals surface area contributed by atoms with Gasteiger partial charge in [0.15, 0.2) is 0 Å². The summed E-state index contributed by atoms with van der Waals surface area (Å²) in [6.07, 6.45) is 0. The van der Waals surface area contributed by atoms with Crippen LogP contribution in [-0.4, -0.2) is 0 Å².